The SMILES string of the molecule is NC1=NC(c2ccc3ccccc3c2)n2c(nc3c2C=CCCC3)N1. The summed E-state index contributed by atoms with van der Waals surface area (Å²) in [5.74, 6) is 1.19. The molecule has 0 fully saturated rings. The van der Waals surface area contributed by atoms with Gasteiger partial charge in [0.1, 0.15) is 0 Å². The van der Waals surface area contributed by atoms with Crippen LogP contribution in [0.3, 0.4) is 0 Å². The van der Waals surface area contributed by atoms with Crippen molar-refractivity contribution in [3.8, 4) is 0 Å². The number of nitrogens with zero attached hydrogens (tertiary/aromatic N) is 3. The molecule has 1 unspecified atom stereocenters. The average molecular weight is 329 g/mol. The maximum absolute atomic E-state index is 6.05. The number of imidazole rings is 1. The van der Waals surface area contributed by atoms with Crippen LogP contribution in [-0.4, -0.2) is 15.5 Å². The van der Waals surface area contributed by atoms with Crippen molar-refractivity contribution in [2.75, 3.05) is 5.32 Å². The van der Waals surface area contributed by atoms with Gasteiger partial charge in [0.25, 0.3) is 0 Å². The highest BCUT2D eigenvalue weighted by Gasteiger charge is 2.27. The Bertz CT molecular complexity index is 1030. The third-order valence-corrected chi connectivity index (χ3v) is 4.90. The molecular weight excluding hydrogens is 310 g/mol. The maximum atomic E-state index is 6.05. The van der Waals surface area contributed by atoms with Crippen molar-refractivity contribution in [1.82, 2.24) is 9.55 Å². The Morgan fingerprint density at radius 2 is 2.00 bits per heavy atom. The monoisotopic (exact) mass is 329 g/mol. The van der Waals surface area contributed by atoms with Gasteiger partial charge in [0.15, 0.2) is 12.1 Å². The fourth-order valence-electron chi connectivity index (χ4n) is 3.70. The Morgan fingerprint density at radius 3 is 2.92 bits per heavy atom. The first kappa shape index (κ1) is 14.3. The predicted octanol–water partition coefficient (Wildman–Crippen LogP) is 3.67. The van der Waals surface area contributed by atoms with E-state index >= 15 is 0 Å². The lowest BCUT2D eigenvalue weighted by atomic mass is 10.0. The highest BCUT2D eigenvalue weighted by molar-refractivity contribution is 5.92. The molecule has 5 nitrogen and oxygen atoms in total. The van der Waals surface area contributed by atoms with Crippen LogP contribution in [-0.2, 0) is 6.42 Å². The quantitative estimate of drug-likeness (QED) is 0.716. The molecule has 1 aliphatic carbocycles. The molecule has 1 aliphatic heterocycles. The summed E-state index contributed by atoms with van der Waals surface area (Å²) in [5, 5.41) is 5.55. The third-order valence-electron chi connectivity index (χ3n) is 4.90. The van der Waals surface area contributed by atoms with Gasteiger partial charge in [-0.15, -0.1) is 0 Å². The molecule has 5 rings (SSSR count). The summed E-state index contributed by atoms with van der Waals surface area (Å²) in [6, 6.07) is 14.8. The van der Waals surface area contributed by atoms with Crippen LogP contribution in [0.15, 0.2) is 53.5 Å². The van der Waals surface area contributed by atoms with Crippen LogP contribution < -0.4 is 11.1 Å². The maximum Gasteiger partial charge on any atom is 0.212 e. The van der Waals surface area contributed by atoms with Crippen molar-refractivity contribution in [3.63, 3.8) is 0 Å². The number of fused-ring (bicyclic) bond motifs is 4. The molecule has 0 amide bonds. The van der Waals surface area contributed by atoms with Gasteiger partial charge < -0.3 is 5.73 Å². The number of hydrogen-bond donors (Lipinski definition) is 2. The molecule has 2 heterocycles. The zero-order valence-electron chi connectivity index (χ0n) is 13.8. The summed E-state index contributed by atoms with van der Waals surface area (Å²) in [7, 11) is 0. The average Bonchev–Trinajstić information content (AvgIpc) is 2.81. The molecule has 3 N–H and O–H groups in total. The topological polar surface area (TPSA) is 68.2 Å². The van der Waals surface area contributed by atoms with E-state index in [9.17, 15) is 0 Å². The molecule has 0 radical (unpaired) electrons. The molecular formula is C20H19N5. The van der Waals surface area contributed by atoms with Crippen LogP contribution in [0.5, 0.6) is 0 Å². The Labute approximate surface area is 145 Å². The van der Waals surface area contributed by atoms with Gasteiger partial charge in [-0.2, -0.15) is 0 Å². The molecule has 5 heteroatoms. The minimum Gasteiger partial charge on any atom is -0.370 e. The molecule has 1 aromatic heterocycles. The fraction of sp³-hybridized carbons (Fsp3) is 0.200. The van der Waals surface area contributed by atoms with E-state index in [1.807, 2.05) is 0 Å². The fourth-order valence-corrected chi connectivity index (χ4v) is 3.70. The number of nitrogens with two attached hydrogens (primary N) is 1. The molecule has 0 spiro atoms. The van der Waals surface area contributed by atoms with Gasteiger partial charge in [-0.3, -0.25) is 9.88 Å². The van der Waals surface area contributed by atoms with Gasteiger partial charge >= 0.3 is 0 Å². The van der Waals surface area contributed by atoms with E-state index in [1.54, 1.807) is 0 Å². The number of allylic oxidation sites excluding steroid dienone is 1. The summed E-state index contributed by atoms with van der Waals surface area (Å²) in [5.41, 5.74) is 9.41. The van der Waals surface area contributed by atoms with Crippen LogP contribution in [0.4, 0.5) is 5.95 Å². The van der Waals surface area contributed by atoms with E-state index in [4.69, 9.17) is 10.7 Å². The van der Waals surface area contributed by atoms with Gasteiger partial charge in [0.05, 0.1) is 11.4 Å². The zero-order valence-corrected chi connectivity index (χ0v) is 13.8. The highest BCUT2D eigenvalue weighted by atomic mass is 15.4. The summed E-state index contributed by atoms with van der Waals surface area (Å²) in [6.07, 6.45) is 7.39. The molecule has 1 atom stereocenters. The Kier molecular flexibility index (Phi) is 3.13. The first-order valence-corrected chi connectivity index (χ1v) is 8.66. The normalized spacial score (nSPS) is 18.9. The second kappa shape index (κ2) is 5.48. The highest BCUT2D eigenvalue weighted by Crippen LogP contribution is 2.34. The lowest BCUT2D eigenvalue weighted by molar-refractivity contribution is 0.604. The van der Waals surface area contributed by atoms with E-state index in [0.717, 1.165) is 42.2 Å². The lowest BCUT2D eigenvalue weighted by Crippen LogP contribution is -2.31. The van der Waals surface area contributed by atoms with Gasteiger partial charge in [0, 0.05) is 0 Å². The van der Waals surface area contributed by atoms with E-state index in [0.29, 0.717) is 5.96 Å². The number of nitrogens with one attached hydrogen (secondary N) is 1. The molecule has 2 aliphatic rings. The molecule has 25 heavy (non-hydrogen) atoms. The second-order valence-electron chi connectivity index (χ2n) is 6.55. The first-order chi connectivity index (χ1) is 12.3. The van der Waals surface area contributed by atoms with Crippen molar-refractivity contribution >= 4 is 28.8 Å². The number of rotatable bonds is 1. The number of anilines is 1. The molecule has 124 valence electrons. The van der Waals surface area contributed by atoms with Crippen molar-refractivity contribution in [2.45, 2.75) is 25.4 Å². The molecule has 0 saturated carbocycles. The van der Waals surface area contributed by atoms with E-state index < -0.39 is 0 Å². The lowest BCUT2D eigenvalue weighted by Gasteiger charge is -2.24. The number of aryl methyl sites for hydroxylation is 1. The van der Waals surface area contributed by atoms with E-state index in [2.05, 4.69) is 69.5 Å². The third kappa shape index (κ3) is 2.31. The van der Waals surface area contributed by atoms with Gasteiger partial charge in [-0.05, 0) is 47.7 Å². The van der Waals surface area contributed by atoms with Crippen molar-refractivity contribution in [1.29, 1.82) is 0 Å². The van der Waals surface area contributed by atoms with Gasteiger partial charge in [-0.1, -0.05) is 42.5 Å². The first-order valence-electron chi connectivity index (χ1n) is 8.66. The van der Waals surface area contributed by atoms with Crippen LogP contribution >= 0.6 is 0 Å². The van der Waals surface area contributed by atoms with E-state index in [1.165, 1.54) is 10.8 Å². The molecule has 2 aromatic carbocycles. The summed E-state index contributed by atoms with van der Waals surface area (Å²) < 4.78 is 2.16. The summed E-state index contributed by atoms with van der Waals surface area (Å²) >= 11 is 0. The summed E-state index contributed by atoms with van der Waals surface area (Å²) in [4.78, 5) is 9.46. The van der Waals surface area contributed by atoms with Gasteiger partial charge in [-0.25, -0.2) is 9.98 Å². The predicted molar refractivity (Wildman–Crippen MR) is 102 cm³/mol. The smallest absolute Gasteiger partial charge is 0.212 e. The Balaban J connectivity index is 1.70. The Hall–Kier alpha value is -3.08. The largest absolute Gasteiger partial charge is 0.370 e. The van der Waals surface area contributed by atoms with Crippen LogP contribution in [0, 0.1) is 0 Å². The standard InChI is InChI=1S/C20H19N5/c21-19-23-18(15-11-10-13-6-4-5-7-14(13)12-15)25-17-9-3-1-2-8-16(17)22-20(25)24-19/h3-7,9-12,18H,1-2,8H2,(H3,21,22,23,24). The zero-order chi connectivity index (χ0) is 16.8. The number of aliphatic imine (C=N–C) groups is 1. The number of guanidine groups is 1. The molecule has 0 bridgehead atoms. The van der Waals surface area contributed by atoms with Crippen molar-refractivity contribution in [3.05, 3.63) is 65.5 Å². The number of hydrogen-bond acceptors (Lipinski definition) is 4. The van der Waals surface area contributed by atoms with Crippen molar-refractivity contribution in [2.24, 2.45) is 10.7 Å². The minimum atomic E-state index is -0.195. The van der Waals surface area contributed by atoms with Crippen LogP contribution in [0.25, 0.3) is 16.8 Å². The number of aromatic nitrogens is 2. The van der Waals surface area contributed by atoms with E-state index in [-0.39, 0.29) is 6.17 Å². The van der Waals surface area contributed by atoms with Crippen LogP contribution in [0.2, 0.25) is 0 Å². The summed E-state index contributed by atoms with van der Waals surface area (Å²) in [6.45, 7) is 0. The molecule has 3 aromatic rings. The Morgan fingerprint density at radius 1 is 1.12 bits per heavy atom. The van der Waals surface area contributed by atoms with Gasteiger partial charge in [0.2, 0.25) is 5.95 Å². The molecule has 0 saturated heterocycles. The minimum absolute atomic E-state index is 0.195. The van der Waals surface area contributed by atoms with Crippen LogP contribution in [0.1, 0.15) is 36.0 Å². The second-order valence-corrected chi connectivity index (χ2v) is 6.55. The van der Waals surface area contributed by atoms with Crippen molar-refractivity contribution < 1.29 is 0 Å². The number of benzene rings is 2.